The van der Waals surface area contributed by atoms with Crippen LogP contribution < -0.4 is 18.9 Å². The summed E-state index contributed by atoms with van der Waals surface area (Å²) in [4.78, 5) is 61.5. The van der Waals surface area contributed by atoms with E-state index < -0.39 is 46.1 Å². The SMILES string of the molecule is CC.CC.CC.CC.CC.CC(=O)c1ccccc1O.CC(=O)c1ccccc1OCC(O)CN(C)C.CC(=O)c1ccccc1OCC1CO1.CCC(=O)c1ccccc1OCC(O)CN(C)C.CN(C)CC(O)COc1ccccc1C(=O)O.SCI.SI(S)I.[S]=[V]([I])([I])[I].[S]=[V]([I])[I].[S]=[V][I]. The number of aliphatic hydroxyl groups is 3. The van der Waals surface area contributed by atoms with Gasteiger partial charge in [0.25, 0.3) is 0 Å². The summed E-state index contributed by atoms with van der Waals surface area (Å²) in [6, 6.07) is 34.3. The van der Waals surface area contributed by atoms with Gasteiger partial charge < -0.3 is 63.9 Å². The number of likely N-dealkylation sites (N-methyl/N-ethyl adjacent to an activating group) is 3. The average Bonchev–Trinajstić information content (AvgIpc) is 1.75. The third-order valence-electron chi connectivity index (χ3n) is 10.3. The Morgan fingerprint density at radius 3 is 1.03 bits per heavy atom. The van der Waals surface area contributed by atoms with E-state index in [2.05, 4.69) is 204 Å². The van der Waals surface area contributed by atoms with Gasteiger partial charge in [0.2, 0.25) is 0 Å². The predicted molar refractivity (Wildman–Crippen MR) is 528 cm³/mol. The van der Waals surface area contributed by atoms with Crippen LogP contribution in [0.3, 0.4) is 0 Å². The van der Waals surface area contributed by atoms with Gasteiger partial charge in [-0.3, -0.25) is 19.2 Å². The van der Waals surface area contributed by atoms with Gasteiger partial charge in [0.15, 0.2) is 23.1 Å². The number of aromatic carboxylic acids is 1. The molecule has 0 saturated carbocycles. The van der Waals surface area contributed by atoms with E-state index in [1.165, 1.54) is 32.9 Å². The number of carboxylic acids is 1. The number of hydrogen-bond donors (Lipinski definition) is 8. The third kappa shape index (κ3) is 89.2. The van der Waals surface area contributed by atoms with Crippen LogP contribution in [0, 0.1) is 0 Å². The molecule has 0 aliphatic carbocycles. The maximum atomic E-state index is 11.7. The summed E-state index contributed by atoms with van der Waals surface area (Å²) in [7, 11) is 33.3. The number of benzene rings is 5. The van der Waals surface area contributed by atoms with Crippen LogP contribution in [-0.2, 0) is 24.6 Å². The van der Waals surface area contributed by atoms with Gasteiger partial charge >= 0.3 is 228 Å². The van der Waals surface area contributed by atoms with Crippen LogP contribution in [0.2, 0.25) is 0 Å². The second-order valence-electron chi connectivity index (χ2n) is 19.2. The number of hydrogen-bond acceptors (Lipinski definition) is 23. The van der Waals surface area contributed by atoms with Crippen LogP contribution in [0.4, 0.5) is 0 Å². The fourth-order valence-corrected chi connectivity index (χ4v) is 6.65. The summed E-state index contributed by atoms with van der Waals surface area (Å²) < 4.78 is 26.3. The first-order valence-electron chi connectivity index (χ1n) is 32.2. The number of nitrogens with zero attached hydrogens (tertiary/aromatic N) is 3. The number of phenols is 1. The van der Waals surface area contributed by atoms with Crippen LogP contribution in [0.5, 0.6) is 28.7 Å². The summed E-state index contributed by atoms with van der Waals surface area (Å²) in [5.74, 6) is 0.928. The summed E-state index contributed by atoms with van der Waals surface area (Å²) >= 11 is 21.3. The minimum atomic E-state index is -1.38. The van der Waals surface area contributed by atoms with E-state index in [-0.39, 0.29) is 77.3 Å². The van der Waals surface area contributed by atoms with E-state index in [4.69, 9.17) is 54.5 Å². The molecule has 1 saturated heterocycles. The van der Waals surface area contributed by atoms with E-state index in [0.29, 0.717) is 72.2 Å². The van der Waals surface area contributed by atoms with Crippen molar-refractivity contribution >= 4 is 266 Å². The number of aromatic hydroxyl groups is 1. The van der Waals surface area contributed by atoms with Crippen molar-refractivity contribution in [1.29, 1.82) is 0 Å². The molecule has 5 N–H and O–H groups in total. The molecule has 1 aliphatic heterocycles. The maximum absolute atomic E-state index is 11.7. The van der Waals surface area contributed by atoms with Crippen LogP contribution in [0.15, 0.2) is 121 Å². The van der Waals surface area contributed by atoms with Gasteiger partial charge in [-0.2, -0.15) is 12.6 Å². The number of epoxide rings is 1. The summed E-state index contributed by atoms with van der Waals surface area (Å²) in [6.45, 7) is 28.9. The number of Topliss-reactive ketones (excluding diaryl/α,β-unsaturated/α-hetero) is 4. The molecule has 1 aliphatic rings. The average molecular weight is 2710 g/mol. The molecular formula is C69H112I9N3O15S6V3. The number of alkyl halides is 1. The van der Waals surface area contributed by atoms with Gasteiger partial charge in [0, 0.05) is 29.8 Å². The molecule has 4 unspecified atom stereocenters. The molecule has 0 aromatic heterocycles. The van der Waals surface area contributed by atoms with Crippen molar-refractivity contribution in [3.8, 4) is 28.7 Å². The Bertz CT molecular complexity index is 2950. The Morgan fingerprint density at radius 1 is 0.581 bits per heavy atom. The Kier molecular flexibility index (Phi) is 106. The number of phenolic OH excluding ortho intramolecular Hbond substituents is 1. The van der Waals surface area contributed by atoms with Crippen LogP contribution in [-0.4, -0.2) is 192 Å². The van der Waals surface area contributed by atoms with Crippen molar-refractivity contribution in [3.63, 3.8) is 0 Å². The molecule has 0 amide bonds. The topological polar surface area (TPSA) is 246 Å². The monoisotopic (exact) mass is 2710 g/mol. The van der Waals surface area contributed by atoms with Crippen LogP contribution in [0.25, 0.3) is 0 Å². The van der Waals surface area contributed by atoms with Crippen molar-refractivity contribution in [3.05, 3.63) is 149 Å². The molecule has 18 nitrogen and oxygen atoms in total. The summed E-state index contributed by atoms with van der Waals surface area (Å²) in [5, 5.41) is 47.0. The molecule has 5 aromatic carbocycles. The fraction of sp³-hybridized carbons (Fsp3) is 0.493. The number of ether oxygens (including phenoxy) is 5. The zero-order chi connectivity index (χ0) is 83.8. The van der Waals surface area contributed by atoms with Crippen molar-refractivity contribution < 1.29 is 93.1 Å². The molecule has 1 fully saturated rings. The fourth-order valence-electron chi connectivity index (χ4n) is 6.65. The molecule has 5 aromatic rings. The van der Waals surface area contributed by atoms with E-state index in [0.717, 1.165) is 10.4 Å². The Morgan fingerprint density at radius 2 is 0.800 bits per heavy atom. The van der Waals surface area contributed by atoms with Crippen molar-refractivity contribution in [1.82, 2.24) is 14.7 Å². The normalized spacial score (nSPS) is 11.4. The number of thiol groups is 3. The molecule has 0 radical (unpaired) electrons. The van der Waals surface area contributed by atoms with E-state index in [1.807, 2.05) is 157 Å². The molecule has 105 heavy (non-hydrogen) atoms. The first-order chi connectivity index (χ1) is 49.3. The van der Waals surface area contributed by atoms with Crippen molar-refractivity contribution in [2.24, 2.45) is 0 Å². The summed E-state index contributed by atoms with van der Waals surface area (Å²) in [5.41, 5.74) is 2.24. The molecule has 4 atom stereocenters. The van der Waals surface area contributed by atoms with E-state index >= 15 is 0 Å². The Balaban J connectivity index is -0.000000144. The van der Waals surface area contributed by atoms with E-state index in [9.17, 15) is 39.3 Å². The van der Waals surface area contributed by atoms with Gasteiger partial charge in [-0.05, 0) is 124 Å². The van der Waals surface area contributed by atoms with Gasteiger partial charge in [-0.15, -0.1) is 0 Å². The molecular weight excluding hydrogens is 2600 g/mol. The number of para-hydroxylation sites is 5. The van der Waals surface area contributed by atoms with Crippen molar-refractivity contribution in [2.45, 2.75) is 128 Å². The third-order valence-corrected chi connectivity index (χ3v) is 10.3. The number of rotatable bonds is 24. The predicted octanol–water partition coefficient (Wildman–Crippen LogP) is 22.9. The number of aliphatic hydroxyl groups excluding tert-OH is 3. The number of carboxylic acid groups (broad SMARTS) is 1. The first-order valence-corrected chi connectivity index (χ1v) is 80.4. The number of carbonyl (C=O) groups excluding carboxylic acids is 4. The van der Waals surface area contributed by atoms with Crippen molar-refractivity contribution in [2.75, 3.05) is 98.7 Å². The number of halogens is 9. The quantitative estimate of drug-likeness (QED) is 0.00941. The molecule has 0 spiro atoms. The van der Waals surface area contributed by atoms with Crippen LogP contribution in [0.1, 0.15) is 155 Å². The Labute approximate surface area is 765 Å². The van der Waals surface area contributed by atoms with Gasteiger partial charge in [0.05, 0.1) is 28.9 Å². The number of ketones is 4. The molecule has 0 bridgehead atoms. The second-order valence-corrected chi connectivity index (χ2v) is 124. The van der Waals surface area contributed by atoms with E-state index in [1.54, 1.807) is 84.9 Å². The van der Waals surface area contributed by atoms with Gasteiger partial charge in [0.1, 0.15) is 85.2 Å². The van der Waals surface area contributed by atoms with Gasteiger partial charge in [-0.1, -0.05) is 159 Å². The number of carbonyl (C=O) groups is 5. The molecule has 607 valence electrons. The Hall–Kier alpha value is 3.00. The molecule has 6 rings (SSSR count). The second kappa shape index (κ2) is 87.8. The minimum absolute atomic E-state index is 0.0253. The molecule has 1 heterocycles. The van der Waals surface area contributed by atoms with Gasteiger partial charge in [-0.25, -0.2) is 4.79 Å². The molecule has 36 heteroatoms. The zero-order valence-electron chi connectivity index (χ0n) is 63.4. The summed E-state index contributed by atoms with van der Waals surface area (Å²) in [6.07, 6.45) is -1.11. The standard InChI is InChI=1S/C14H21NO3.C13H19NO3.C12H17NO4.C11H12O3.C8H8O2.5C2H6.CH3IS.H2I2S2.6HI.3S.3V/c1-4-13(17)12-7-5-6-8-14(12)18-10-11(16)9-15(2)3;1-10(15)12-6-4-5-7-13(12)17-9-11(16)8-14(2)3;1-13(2)7-9(14)8-17-11-6-4-3-5-10(11)12(15)16;1-8(12)10-4-2-3-5-11(10)14-7-9-6-13-9;1-6(9)7-4-2-3-5-8(7)10;5*1-2;2-1-3;1-2(3)4;;;;;;;;;;;;/h5-8,11,16H,4,9-10H2,1-3H3;4-7,11,16H,8-9H2,1-3H3;3-6,9,14H,7-8H2,1-2H3,(H,15,16);2-5,9H,6-7H2,1H3;2-5,10H,1H3;5*1-2H3;3H,1H2;3-4H;6*1H;;;;;;/q;;;;;;;;;;;;;;;;;;;;;+1;+2;+3/p-6. The van der Waals surface area contributed by atoms with Crippen LogP contribution >= 0.6 is 237 Å². The first kappa shape index (κ1) is 126. The zero-order valence-corrected chi connectivity index (χ0v) is 92.1.